The van der Waals surface area contributed by atoms with Gasteiger partial charge in [-0.25, -0.2) is 13.8 Å². The summed E-state index contributed by atoms with van der Waals surface area (Å²) in [5.41, 5.74) is 1.31. The van der Waals surface area contributed by atoms with Crippen molar-refractivity contribution in [3.63, 3.8) is 0 Å². The molecule has 0 radical (unpaired) electrons. The Labute approximate surface area is 177 Å². The summed E-state index contributed by atoms with van der Waals surface area (Å²) in [6, 6.07) is 10.4. The lowest BCUT2D eigenvalue weighted by atomic mass is 9.71. The summed E-state index contributed by atoms with van der Waals surface area (Å²) in [4.78, 5) is 21.1. The maximum atomic E-state index is 13.6. The highest BCUT2D eigenvalue weighted by Crippen LogP contribution is 2.71. The fraction of sp³-hybridized carbons (Fsp3) is 0.364. The van der Waals surface area contributed by atoms with Gasteiger partial charge in [-0.2, -0.15) is 15.0 Å². The minimum Gasteiger partial charge on any atom is -0.365 e. The number of nitrogens with zero attached hydrogens (tertiary/aromatic N) is 5. The van der Waals surface area contributed by atoms with Crippen LogP contribution in [0.2, 0.25) is 0 Å². The van der Waals surface area contributed by atoms with Crippen LogP contribution in [0.3, 0.4) is 0 Å². The topological polar surface area (TPSA) is 75.9 Å². The minimum atomic E-state index is -2.53. The molecule has 3 aromatic rings. The average Bonchev–Trinajstić information content (AvgIpc) is 3.14. The quantitative estimate of drug-likeness (QED) is 0.683. The first-order valence-corrected chi connectivity index (χ1v) is 10.3. The van der Waals surface area contributed by atoms with Gasteiger partial charge in [0.15, 0.2) is 0 Å². The molecule has 9 heteroatoms. The van der Waals surface area contributed by atoms with Gasteiger partial charge < -0.3 is 10.2 Å². The van der Waals surface area contributed by atoms with Crippen molar-refractivity contribution in [2.45, 2.75) is 31.4 Å². The molecule has 1 aliphatic heterocycles. The van der Waals surface area contributed by atoms with Crippen molar-refractivity contribution in [3.8, 4) is 5.69 Å². The Hall–Kier alpha value is -3.36. The summed E-state index contributed by atoms with van der Waals surface area (Å²) in [7, 11) is 0. The summed E-state index contributed by atoms with van der Waals surface area (Å²) in [6.45, 7) is 0.736. The summed E-state index contributed by atoms with van der Waals surface area (Å²) in [5.74, 6) is 1.06. The fourth-order valence-corrected chi connectivity index (χ4v) is 5.49. The maximum absolute atomic E-state index is 13.6. The Morgan fingerprint density at radius 2 is 1.94 bits per heavy atom. The summed E-state index contributed by atoms with van der Waals surface area (Å²) >= 11 is 0. The third-order valence-corrected chi connectivity index (χ3v) is 7.00. The van der Waals surface area contributed by atoms with Gasteiger partial charge in [0.05, 0.1) is 29.7 Å². The van der Waals surface area contributed by atoms with Gasteiger partial charge in [0.25, 0.3) is 12.3 Å². The van der Waals surface area contributed by atoms with Crippen molar-refractivity contribution in [3.05, 3.63) is 66.1 Å². The number of carbonyl (C=O) groups excluding carboxylic acids is 1. The van der Waals surface area contributed by atoms with E-state index in [1.165, 1.54) is 17.1 Å². The number of nitrogens with one attached hydrogen (secondary N) is 1. The first-order valence-electron chi connectivity index (χ1n) is 10.3. The third-order valence-electron chi connectivity index (χ3n) is 7.00. The minimum absolute atomic E-state index is 0.0306. The van der Waals surface area contributed by atoms with Gasteiger partial charge in [-0.1, -0.05) is 12.1 Å². The second kappa shape index (κ2) is 6.57. The molecule has 6 rings (SSSR count). The molecule has 4 atom stereocenters. The lowest BCUT2D eigenvalue weighted by Gasteiger charge is -2.48. The molecule has 1 aromatic carbocycles. The van der Waals surface area contributed by atoms with Crippen LogP contribution in [0.15, 0.2) is 55.0 Å². The molecular formula is C22H20F2N6O. The SMILES string of the molecule is O=C(c1ccccc1-n1nccn1)N1CC2CC23CC(Nc2ccc(C(F)F)cn2)C13. The summed E-state index contributed by atoms with van der Waals surface area (Å²) in [6.07, 6.45) is 3.94. The van der Waals surface area contributed by atoms with Gasteiger partial charge in [-0.05, 0) is 48.4 Å². The molecule has 2 aromatic heterocycles. The number of likely N-dealkylation sites (tertiary alicyclic amines) is 1. The predicted octanol–water partition coefficient (Wildman–Crippen LogP) is 3.32. The van der Waals surface area contributed by atoms with Crippen molar-refractivity contribution in [1.29, 1.82) is 0 Å². The van der Waals surface area contributed by atoms with Crippen molar-refractivity contribution < 1.29 is 13.6 Å². The molecule has 1 N–H and O–H groups in total. The second-order valence-corrected chi connectivity index (χ2v) is 8.60. The van der Waals surface area contributed by atoms with Gasteiger partial charge in [-0.3, -0.25) is 4.79 Å². The van der Waals surface area contributed by atoms with Crippen LogP contribution in [0.5, 0.6) is 0 Å². The van der Waals surface area contributed by atoms with E-state index in [0.717, 1.165) is 19.4 Å². The number of amides is 1. The van der Waals surface area contributed by atoms with E-state index in [2.05, 4.69) is 20.5 Å². The second-order valence-electron chi connectivity index (χ2n) is 8.60. The molecule has 2 aliphatic carbocycles. The van der Waals surface area contributed by atoms with Crippen molar-refractivity contribution in [1.82, 2.24) is 24.9 Å². The van der Waals surface area contributed by atoms with Crippen LogP contribution in [-0.2, 0) is 0 Å². The molecule has 1 amide bonds. The third kappa shape index (κ3) is 2.75. The average molecular weight is 422 g/mol. The smallest absolute Gasteiger partial charge is 0.265 e. The predicted molar refractivity (Wildman–Crippen MR) is 108 cm³/mol. The Balaban J connectivity index is 1.25. The first-order chi connectivity index (χ1) is 15.1. The normalized spacial score (nSPS) is 28.1. The Bertz CT molecular complexity index is 1140. The molecule has 3 fully saturated rings. The molecule has 4 unspecified atom stereocenters. The van der Waals surface area contributed by atoms with Gasteiger partial charge in [0.2, 0.25) is 0 Å². The van der Waals surface area contributed by atoms with Gasteiger partial charge in [0, 0.05) is 24.3 Å². The molecule has 7 nitrogen and oxygen atoms in total. The number of rotatable bonds is 5. The van der Waals surface area contributed by atoms with Crippen LogP contribution < -0.4 is 5.32 Å². The summed E-state index contributed by atoms with van der Waals surface area (Å²) in [5, 5.41) is 11.7. The van der Waals surface area contributed by atoms with Crippen molar-refractivity contribution in [2.75, 3.05) is 11.9 Å². The summed E-state index contributed by atoms with van der Waals surface area (Å²) < 4.78 is 25.6. The molecule has 3 heterocycles. The molecule has 3 aliphatic rings. The molecule has 158 valence electrons. The van der Waals surface area contributed by atoms with E-state index in [-0.39, 0.29) is 29.0 Å². The standard InChI is InChI=1S/C22H20F2N6O/c23-20(24)13-5-6-18(25-11-13)28-16-10-22-9-14(22)12-29(19(16)22)21(31)15-3-1-2-4-17(15)30-26-7-8-27-30/h1-8,11,14,16,19-20H,9-10,12H2,(H,25,28). The number of para-hydroxylation sites is 1. The first kappa shape index (κ1) is 18.4. The highest BCUT2D eigenvalue weighted by molar-refractivity contribution is 5.98. The number of hydrogen-bond donors (Lipinski definition) is 1. The molecular weight excluding hydrogens is 402 g/mol. The number of piperidine rings is 1. The number of aromatic nitrogens is 4. The van der Waals surface area contributed by atoms with Crippen molar-refractivity contribution >= 4 is 11.7 Å². The van der Waals surface area contributed by atoms with E-state index in [9.17, 15) is 13.6 Å². The van der Waals surface area contributed by atoms with Crippen LogP contribution in [0.1, 0.15) is 35.2 Å². The van der Waals surface area contributed by atoms with Crippen LogP contribution in [-0.4, -0.2) is 49.4 Å². The van der Waals surface area contributed by atoms with Crippen molar-refractivity contribution in [2.24, 2.45) is 11.3 Å². The zero-order valence-corrected chi connectivity index (χ0v) is 16.5. The van der Waals surface area contributed by atoms with Crippen LogP contribution in [0, 0.1) is 11.3 Å². The lowest BCUT2D eigenvalue weighted by Crippen LogP contribution is -2.60. The zero-order chi connectivity index (χ0) is 21.2. The highest BCUT2D eigenvalue weighted by atomic mass is 19.3. The number of pyridine rings is 1. The van der Waals surface area contributed by atoms with Crippen LogP contribution in [0.25, 0.3) is 5.69 Å². The molecule has 0 bridgehead atoms. The Kier molecular flexibility index (Phi) is 3.90. The molecule has 1 saturated heterocycles. The molecule has 1 spiro atoms. The van der Waals surface area contributed by atoms with E-state index in [1.807, 2.05) is 29.2 Å². The van der Waals surface area contributed by atoms with E-state index < -0.39 is 6.43 Å². The van der Waals surface area contributed by atoms with E-state index in [4.69, 9.17) is 0 Å². The largest absolute Gasteiger partial charge is 0.365 e. The number of hydrogen-bond acceptors (Lipinski definition) is 5. The number of benzene rings is 1. The zero-order valence-electron chi connectivity index (χ0n) is 16.5. The van der Waals surface area contributed by atoms with E-state index in [0.29, 0.717) is 23.0 Å². The van der Waals surface area contributed by atoms with E-state index >= 15 is 0 Å². The molecule has 2 saturated carbocycles. The fourth-order valence-electron chi connectivity index (χ4n) is 5.49. The number of alkyl halides is 2. The monoisotopic (exact) mass is 422 g/mol. The number of halogens is 2. The Morgan fingerprint density at radius 3 is 2.68 bits per heavy atom. The van der Waals surface area contributed by atoms with Gasteiger partial charge >= 0.3 is 0 Å². The highest BCUT2D eigenvalue weighted by Gasteiger charge is 2.75. The van der Waals surface area contributed by atoms with Gasteiger partial charge in [-0.15, -0.1) is 0 Å². The van der Waals surface area contributed by atoms with Crippen LogP contribution in [0.4, 0.5) is 14.6 Å². The van der Waals surface area contributed by atoms with E-state index in [1.54, 1.807) is 18.5 Å². The number of anilines is 1. The van der Waals surface area contributed by atoms with Gasteiger partial charge in [0.1, 0.15) is 5.82 Å². The van der Waals surface area contributed by atoms with Crippen LogP contribution >= 0.6 is 0 Å². The Morgan fingerprint density at radius 1 is 1.13 bits per heavy atom. The number of carbonyl (C=O) groups is 1. The lowest BCUT2D eigenvalue weighted by molar-refractivity contribution is 0.0471. The maximum Gasteiger partial charge on any atom is 0.265 e. The molecule has 31 heavy (non-hydrogen) atoms.